The van der Waals surface area contributed by atoms with Crippen LogP contribution in [0.2, 0.25) is 0 Å². The number of fused-ring (bicyclic) bond motifs is 1. The number of nitrogens with zero attached hydrogens (tertiary/aromatic N) is 2. The summed E-state index contributed by atoms with van der Waals surface area (Å²) in [4.78, 5) is 29.5. The van der Waals surface area contributed by atoms with Gasteiger partial charge in [-0.3, -0.25) is 9.59 Å². The van der Waals surface area contributed by atoms with Gasteiger partial charge in [-0.1, -0.05) is 35.0 Å². The van der Waals surface area contributed by atoms with Crippen LogP contribution in [0.4, 0.5) is 14.5 Å². The molecule has 4 aromatic rings. The van der Waals surface area contributed by atoms with Crippen molar-refractivity contribution in [3.05, 3.63) is 77.0 Å². The van der Waals surface area contributed by atoms with Crippen LogP contribution in [0, 0.1) is 25.5 Å². The Morgan fingerprint density at radius 3 is 2.47 bits per heavy atom. The van der Waals surface area contributed by atoms with Gasteiger partial charge in [0.25, 0.3) is 11.6 Å². The predicted octanol–water partition coefficient (Wildman–Crippen LogP) is 4.15. The molecule has 32 heavy (non-hydrogen) atoms. The number of amides is 2. The number of hydrogen-bond donors (Lipinski definition) is 2. The van der Waals surface area contributed by atoms with Gasteiger partial charge in [0.2, 0.25) is 5.91 Å². The molecule has 0 radical (unpaired) electrons. The van der Waals surface area contributed by atoms with Crippen molar-refractivity contribution in [2.45, 2.75) is 13.8 Å². The lowest BCUT2D eigenvalue weighted by molar-refractivity contribution is -0.115. The number of benzene rings is 2. The maximum absolute atomic E-state index is 13.3. The first-order valence-electron chi connectivity index (χ1n) is 9.69. The molecule has 162 valence electrons. The lowest BCUT2D eigenvalue weighted by Gasteiger charge is -2.09. The molecule has 7 nitrogen and oxygen atoms in total. The third-order valence-electron chi connectivity index (χ3n) is 4.82. The Morgan fingerprint density at radius 1 is 1.00 bits per heavy atom. The van der Waals surface area contributed by atoms with Gasteiger partial charge in [-0.15, -0.1) is 0 Å². The number of halogens is 2. The summed E-state index contributed by atoms with van der Waals surface area (Å²) in [6.45, 7) is 3.27. The van der Waals surface area contributed by atoms with E-state index < -0.39 is 23.4 Å². The van der Waals surface area contributed by atoms with Gasteiger partial charge in [-0.05, 0) is 32.0 Å². The normalized spacial score (nSPS) is 10.9. The van der Waals surface area contributed by atoms with Crippen molar-refractivity contribution in [2.75, 3.05) is 11.9 Å². The van der Waals surface area contributed by atoms with Crippen LogP contribution in [0.5, 0.6) is 0 Å². The van der Waals surface area contributed by atoms with Crippen molar-refractivity contribution >= 4 is 28.6 Å². The summed E-state index contributed by atoms with van der Waals surface area (Å²) in [5.41, 5.74) is 3.41. The molecule has 2 heterocycles. The van der Waals surface area contributed by atoms with E-state index in [1.165, 1.54) is 6.07 Å². The topological polar surface area (TPSA) is 97.1 Å². The molecule has 0 atom stereocenters. The Morgan fingerprint density at radius 2 is 1.75 bits per heavy atom. The van der Waals surface area contributed by atoms with Crippen LogP contribution in [0.25, 0.3) is 22.4 Å². The van der Waals surface area contributed by atoms with Crippen LogP contribution in [-0.4, -0.2) is 28.5 Å². The van der Waals surface area contributed by atoms with Gasteiger partial charge in [0.1, 0.15) is 0 Å². The molecule has 2 amide bonds. The molecule has 2 aromatic heterocycles. The zero-order valence-corrected chi connectivity index (χ0v) is 17.2. The first-order chi connectivity index (χ1) is 15.3. The molecule has 0 spiro atoms. The Kier molecular flexibility index (Phi) is 5.63. The fourth-order valence-electron chi connectivity index (χ4n) is 3.18. The molecular weight excluding hydrogens is 418 g/mol. The maximum Gasteiger partial charge on any atom is 0.259 e. The molecule has 0 aliphatic carbocycles. The number of aryl methyl sites for hydroxylation is 2. The van der Waals surface area contributed by atoms with Crippen LogP contribution < -0.4 is 10.6 Å². The predicted molar refractivity (Wildman–Crippen MR) is 114 cm³/mol. The number of carbonyl (C=O) groups excluding carboxylic acids is 2. The second-order valence-corrected chi connectivity index (χ2v) is 7.23. The van der Waals surface area contributed by atoms with Gasteiger partial charge >= 0.3 is 0 Å². The minimum Gasteiger partial charge on any atom is -0.343 e. The largest absolute Gasteiger partial charge is 0.343 e. The lowest BCUT2D eigenvalue weighted by atomic mass is 10.0. The Balaban J connectivity index is 1.55. The summed E-state index contributed by atoms with van der Waals surface area (Å²) in [6.07, 6.45) is 0. The zero-order chi connectivity index (χ0) is 22.8. The molecule has 0 bridgehead atoms. The van der Waals surface area contributed by atoms with E-state index in [-0.39, 0.29) is 23.5 Å². The SMILES string of the molecule is Cc1ccc(-c2cc(C(=O)NCC(=O)Nc3ccc(F)c(F)c3)c3c(C)noc3n2)cc1. The molecule has 0 aliphatic heterocycles. The Bertz CT molecular complexity index is 1330. The number of nitrogens with one attached hydrogen (secondary N) is 2. The third kappa shape index (κ3) is 4.31. The first kappa shape index (κ1) is 21.1. The van der Waals surface area contributed by atoms with E-state index in [4.69, 9.17) is 4.52 Å². The molecule has 2 N–H and O–H groups in total. The highest BCUT2D eigenvalue weighted by Crippen LogP contribution is 2.27. The number of rotatable bonds is 5. The van der Waals surface area contributed by atoms with Gasteiger partial charge in [-0.2, -0.15) is 0 Å². The molecular formula is C23H18F2N4O3. The van der Waals surface area contributed by atoms with E-state index in [1.807, 2.05) is 31.2 Å². The fourth-order valence-corrected chi connectivity index (χ4v) is 3.18. The van der Waals surface area contributed by atoms with Crippen molar-refractivity contribution in [1.29, 1.82) is 0 Å². The zero-order valence-electron chi connectivity index (χ0n) is 17.2. The van der Waals surface area contributed by atoms with Crippen LogP contribution in [-0.2, 0) is 4.79 Å². The molecule has 0 aliphatic rings. The molecule has 4 rings (SSSR count). The average molecular weight is 436 g/mol. The summed E-state index contributed by atoms with van der Waals surface area (Å²) < 4.78 is 31.6. The van der Waals surface area contributed by atoms with Crippen LogP contribution in [0.15, 0.2) is 53.1 Å². The third-order valence-corrected chi connectivity index (χ3v) is 4.82. The van der Waals surface area contributed by atoms with E-state index in [0.717, 1.165) is 23.3 Å². The second-order valence-electron chi connectivity index (χ2n) is 7.23. The summed E-state index contributed by atoms with van der Waals surface area (Å²) in [5.74, 6) is -3.24. The van der Waals surface area contributed by atoms with Crippen LogP contribution in [0.3, 0.4) is 0 Å². The highest BCUT2D eigenvalue weighted by molar-refractivity contribution is 6.08. The van der Waals surface area contributed by atoms with Crippen molar-refractivity contribution in [1.82, 2.24) is 15.5 Å². The van der Waals surface area contributed by atoms with E-state index in [1.54, 1.807) is 13.0 Å². The van der Waals surface area contributed by atoms with Crippen molar-refractivity contribution in [2.24, 2.45) is 0 Å². The highest BCUT2D eigenvalue weighted by atomic mass is 19.2. The van der Waals surface area contributed by atoms with Gasteiger partial charge in [0.15, 0.2) is 11.6 Å². The number of pyridine rings is 1. The molecule has 9 heteroatoms. The number of carbonyl (C=O) groups is 2. The molecule has 0 unspecified atom stereocenters. The monoisotopic (exact) mass is 436 g/mol. The van der Waals surface area contributed by atoms with Gasteiger partial charge in [-0.25, -0.2) is 13.8 Å². The van der Waals surface area contributed by atoms with Gasteiger partial charge < -0.3 is 15.2 Å². The summed E-state index contributed by atoms with van der Waals surface area (Å²) >= 11 is 0. The molecule has 0 saturated heterocycles. The quantitative estimate of drug-likeness (QED) is 0.490. The Labute approximate surface area is 181 Å². The maximum atomic E-state index is 13.3. The van der Waals surface area contributed by atoms with E-state index in [9.17, 15) is 18.4 Å². The van der Waals surface area contributed by atoms with Crippen LogP contribution in [0.1, 0.15) is 21.6 Å². The van der Waals surface area contributed by atoms with Gasteiger partial charge in [0, 0.05) is 17.3 Å². The van der Waals surface area contributed by atoms with Crippen molar-refractivity contribution in [3.8, 4) is 11.3 Å². The Hall–Kier alpha value is -4.14. The number of anilines is 1. The van der Waals surface area contributed by atoms with Gasteiger partial charge in [0.05, 0.1) is 28.9 Å². The highest BCUT2D eigenvalue weighted by Gasteiger charge is 2.20. The summed E-state index contributed by atoms with van der Waals surface area (Å²) in [5, 5.41) is 9.26. The smallest absolute Gasteiger partial charge is 0.259 e. The standard InChI is InChI=1S/C23H18F2N4O3/c1-12-3-5-14(6-4-12)19-10-16(21-13(2)29-32-23(21)28-19)22(31)26-11-20(30)27-15-7-8-17(24)18(25)9-15/h3-10H,11H2,1-2H3,(H,26,31)(H,27,30). The summed E-state index contributed by atoms with van der Waals surface area (Å²) in [6, 6.07) is 12.2. The lowest BCUT2D eigenvalue weighted by Crippen LogP contribution is -2.33. The van der Waals surface area contributed by atoms with E-state index in [0.29, 0.717) is 16.8 Å². The average Bonchev–Trinajstić information content (AvgIpc) is 3.15. The molecule has 2 aromatic carbocycles. The molecule has 0 fully saturated rings. The van der Waals surface area contributed by atoms with Crippen molar-refractivity contribution in [3.63, 3.8) is 0 Å². The van der Waals surface area contributed by atoms with Crippen molar-refractivity contribution < 1.29 is 22.9 Å². The van der Waals surface area contributed by atoms with Crippen LogP contribution >= 0.6 is 0 Å². The number of hydrogen-bond acceptors (Lipinski definition) is 5. The minimum absolute atomic E-state index is 0.0750. The first-order valence-corrected chi connectivity index (χ1v) is 9.69. The second kappa shape index (κ2) is 8.54. The molecule has 0 saturated carbocycles. The summed E-state index contributed by atoms with van der Waals surface area (Å²) in [7, 11) is 0. The van der Waals surface area contributed by atoms with E-state index in [2.05, 4.69) is 20.8 Å². The minimum atomic E-state index is -1.09. The fraction of sp³-hybridized carbons (Fsp3) is 0.130. The van der Waals surface area contributed by atoms with E-state index >= 15 is 0 Å². The number of aromatic nitrogens is 2.